The largest absolute Gasteiger partial charge is 0.328 e. The molecule has 0 spiro atoms. The summed E-state index contributed by atoms with van der Waals surface area (Å²) < 4.78 is 2.42. The van der Waals surface area contributed by atoms with Gasteiger partial charge in [-0.05, 0) is 26.2 Å². The van der Waals surface area contributed by atoms with Gasteiger partial charge in [0, 0.05) is 36.4 Å². The number of nitrogens with one attached hydrogen (secondary N) is 1. The molecule has 3 heteroatoms. The molecule has 0 unspecified atom stereocenters. The first-order valence-electron chi connectivity index (χ1n) is 5.53. The summed E-state index contributed by atoms with van der Waals surface area (Å²) in [6.45, 7) is 4.61. The lowest BCUT2D eigenvalue weighted by Gasteiger charge is -2.42. The average Bonchev–Trinajstić information content (AvgIpc) is 2.46. The Hall–Kier alpha value is -0.830. The van der Waals surface area contributed by atoms with Crippen molar-refractivity contribution in [1.29, 1.82) is 0 Å². The van der Waals surface area contributed by atoms with Crippen molar-refractivity contribution in [2.45, 2.75) is 37.6 Å². The second kappa shape index (κ2) is 2.83. The van der Waals surface area contributed by atoms with Crippen LogP contribution in [0.5, 0.6) is 0 Å². The van der Waals surface area contributed by atoms with Gasteiger partial charge in [-0.3, -0.25) is 0 Å². The number of hydrogen-bond donors (Lipinski definition) is 1. The molecule has 0 aromatic carbocycles. The smallest absolute Gasteiger partial charge is 0.0953 e. The van der Waals surface area contributed by atoms with Crippen molar-refractivity contribution in [2.75, 3.05) is 13.1 Å². The van der Waals surface area contributed by atoms with E-state index in [4.69, 9.17) is 0 Å². The van der Waals surface area contributed by atoms with Gasteiger partial charge in [-0.25, -0.2) is 4.98 Å². The molecule has 1 aliphatic carbocycles. The summed E-state index contributed by atoms with van der Waals surface area (Å²) >= 11 is 0. The molecule has 3 rings (SSSR count). The van der Waals surface area contributed by atoms with E-state index in [1.807, 2.05) is 6.33 Å². The molecule has 1 saturated carbocycles. The minimum atomic E-state index is 0.376. The van der Waals surface area contributed by atoms with Gasteiger partial charge in [-0.15, -0.1) is 0 Å². The van der Waals surface area contributed by atoms with Gasteiger partial charge < -0.3 is 9.88 Å². The van der Waals surface area contributed by atoms with Gasteiger partial charge in [0.05, 0.1) is 6.33 Å². The Kier molecular flexibility index (Phi) is 1.71. The second-order valence-electron chi connectivity index (χ2n) is 4.89. The molecule has 3 nitrogen and oxygen atoms in total. The van der Waals surface area contributed by atoms with Crippen LogP contribution >= 0.6 is 0 Å². The van der Waals surface area contributed by atoms with Crippen LogP contribution in [0.25, 0.3) is 0 Å². The van der Waals surface area contributed by atoms with Gasteiger partial charge in [0.15, 0.2) is 0 Å². The molecule has 0 radical (unpaired) electrons. The highest BCUT2D eigenvalue weighted by atomic mass is 15.1. The summed E-state index contributed by atoms with van der Waals surface area (Å²) in [7, 11) is 0. The maximum Gasteiger partial charge on any atom is 0.0953 e. The van der Waals surface area contributed by atoms with E-state index in [1.165, 1.54) is 25.0 Å². The lowest BCUT2D eigenvalue weighted by atomic mass is 9.77. The fourth-order valence-electron chi connectivity index (χ4n) is 2.49. The molecule has 1 aromatic heterocycles. The fraction of sp³-hybridized carbons (Fsp3) is 0.727. The predicted octanol–water partition coefficient (Wildman–Crippen LogP) is 1.47. The zero-order valence-electron chi connectivity index (χ0n) is 8.66. The SMILES string of the molecule is CC1(n2cncc2C2CNC2)CCC1. The van der Waals surface area contributed by atoms with Crippen molar-refractivity contribution in [2.24, 2.45) is 0 Å². The van der Waals surface area contributed by atoms with E-state index in [2.05, 4.69) is 28.0 Å². The van der Waals surface area contributed by atoms with E-state index in [0.29, 0.717) is 11.5 Å². The van der Waals surface area contributed by atoms with Crippen LogP contribution in [0, 0.1) is 0 Å². The molecule has 14 heavy (non-hydrogen) atoms. The number of nitrogens with zero attached hydrogens (tertiary/aromatic N) is 2. The Morgan fingerprint density at radius 3 is 2.79 bits per heavy atom. The van der Waals surface area contributed by atoms with Crippen LogP contribution < -0.4 is 5.32 Å². The average molecular weight is 191 g/mol. The number of aromatic nitrogens is 2. The third-order valence-corrected chi connectivity index (χ3v) is 3.88. The van der Waals surface area contributed by atoms with E-state index in [-0.39, 0.29) is 0 Å². The summed E-state index contributed by atoms with van der Waals surface area (Å²) in [6.07, 6.45) is 8.08. The summed E-state index contributed by atoms with van der Waals surface area (Å²) in [4.78, 5) is 4.31. The molecule has 2 fully saturated rings. The minimum absolute atomic E-state index is 0.376. The third kappa shape index (κ3) is 1.05. The van der Waals surface area contributed by atoms with Gasteiger partial charge in [0.2, 0.25) is 0 Å². The Morgan fingerprint density at radius 2 is 2.29 bits per heavy atom. The topological polar surface area (TPSA) is 29.9 Å². The van der Waals surface area contributed by atoms with Gasteiger partial charge in [0.25, 0.3) is 0 Å². The summed E-state index contributed by atoms with van der Waals surface area (Å²) in [6, 6.07) is 0. The van der Waals surface area contributed by atoms with Crippen molar-refractivity contribution < 1.29 is 0 Å². The van der Waals surface area contributed by atoms with Crippen LogP contribution in [0.3, 0.4) is 0 Å². The molecule has 1 N–H and O–H groups in total. The number of imidazole rings is 1. The maximum atomic E-state index is 4.31. The lowest BCUT2D eigenvalue weighted by Crippen LogP contribution is -2.44. The van der Waals surface area contributed by atoms with Gasteiger partial charge in [-0.2, -0.15) is 0 Å². The van der Waals surface area contributed by atoms with E-state index >= 15 is 0 Å². The van der Waals surface area contributed by atoms with E-state index < -0.39 is 0 Å². The van der Waals surface area contributed by atoms with E-state index in [1.54, 1.807) is 0 Å². The monoisotopic (exact) mass is 191 g/mol. The highest BCUT2D eigenvalue weighted by Crippen LogP contribution is 2.40. The van der Waals surface area contributed by atoms with Crippen LogP contribution in [-0.2, 0) is 5.54 Å². The molecule has 1 saturated heterocycles. The van der Waals surface area contributed by atoms with Crippen LogP contribution in [0.1, 0.15) is 37.8 Å². The molecule has 2 heterocycles. The fourth-order valence-corrected chi connectivity index (χ4v) is 2.49. The summed E-state index contributed by atoms with van der Waals surface area (Å²) in [5, 5.41) is 3.32. The van der Waals surface area contributed by atoms with E-state index in [0.717, 1.165) is 13.1 Å². The second-order valence-corrected chi connectivity index (χ2v) is 4.89. The van der Waals surface area contributed by atoms with Crippen LogP contribution in [0.15, 0.2) is 12.5 Å². The standard InChI is InChI=1S/C11H17N3/c1-11(3-2-4-11)14-8-13-7-10(14)9-5-12-6-9/h7-9,12H,2-6H2,1H3. The van der Waals surface area contributed by atoms with Crippen LogP contribution in [0.2, 0.25) is 0 Å². The molecule has 1 aromatic rings. The van der Waals surface area contributed by atoms with Crippen molar-refractivity contribution in [1.82, 2.24) is 14.9 Å². The molecule has 76 valence electrons. The Labute approximate surface area is 84.5 Å². The Balaban J connectivity index is 1.92. The van der Waals surface area contributed by atoms with Gasteiger partial charge in [-0.1, -0.05) is 0 Å². The highest BCUT2D eigenvalue weighted by Gasteiger charge is 2.36. The molecule has 0 bridgehead atoms. The first-order chi connectivity index (χ1) is 6.80. The maximum absolute atomic E-state index is 4.31. The zero-order chi connectivity index (χ0) is 9.60. The first kappa shape index (κ1) is 8.48. The minimum Gasteiger partial charge on any atom is -0.328 e. The summed E-state index contributed by atoms with van der Waals surface area (Å²) in [5.74, 6) is 0.704. The van der Waals surface area contributed by atoms with Crippen molar-refractivity contribution in [3.05, 3.63) is 18.2 Å². The van der Waals surface area contributed by atoms with Gasteiger partial charge in [0.1, 0.15) is 0 Å². The molecule has 0 atom stereocenters. The van der Waals surface area contributed by atoms with Crippen molar-refractivity contribution in [3.8, 4) is 0 Å². The van der Waals surface area contributed by atoms with Crippen LogP contribution in [-0.4, -0.2) is 22.6 Å². The quantitative estimate of drug-likeness (QED) is 0.767. The Morgan fingerprint density at radius 1 is 1.50 bits per heavy atom. The van der Waals surface area contributed by atoms with Crippen LogP contribution in [0.4, 0.5) is 0 Å². The normalized spacial score (nSPS) is 25.5. The van der Waals surface area contributed by atoms with Gasteiger partial charge >= 0.3 is 0 Å². The first-order valence-corrected chi connectivity index (χ1v) is 5.53. The Bertz CT molecular complexity index is 334. The lowest BCUT2D eigenvalue weighted by molar-refractivity contribution is 0.159. The zero-order valence-corrected chi connectivity index (χ0v) is 8.66. The predicted molar refractivity (Wildman–Crippen MR) is 55.3 cm³/mol. The number of hydrogen-bond acceptors (Lipinski definition) is 2. The molecular formula is C11H17N3. The highest BCUT2D eigenvalue weighted by molar-refractivity contribution is 5.15. The molecule has 1 aliphatic heterocycles. The van der Waals surface area contributed by atoms with Crippen molar-refractivity contribution in [3.63, 3.8) is 0 Å². The molecular weight excluding hydrogens is 174 g/mol. The van der Waals surface area contributed by atoms with Crippen molar-refractivity contribution >= 4 is 0 Å². The van der Waals surface area contributed by atoms with E-state index in [9.17, 15) is 0 Å². The number of rotatable bonds is 2. The molecule has 0 amide bonds. The third-order valence-electron chi connectivity index (χ3n) is 3.88. The molecule has 2 aliphatic rings. The summed E-state index contributed by atoms with van der Waals surface area (Å²) in [5.41, 5.74) is 1.81.